The van der Waals surface area contributed by atoms with E-state index in [0.29, 0.717) is 29.4 Å². The maximum atomic E-state index is 12.5. The lowest BCUT2D eigenvalue weighted by molar-refractivity contribution is 0.109. The molecule has 1 aliphatic carbocycles. The third-order valence-corrected chi connectivity index (χ3v) is 5.32. The van der Waals surface area contributed by atoms with E-state index in [1.54, 1.807) is 4.68 Å². The molecule has 25 heavy (non-hydrogen) atoms. The number of aliphatic hydroxyl groups is 1. The standard InChI is InChI=1S/C17H18BrN5O2/c18-10-3-1-9(2-4-10)14-13-15(17(25)21-20-16(13)19)23(22-14)11-5-7-12(24)8-6-11/h1-4,11-12,24H,5-8H2,(H2,19,20)(H,21,25). The van der Waals surface area contributed by atoms with E-state index < -0.39 is 0 Å². The number of H-pyrrole nitrogens is 1. The predicted molar refractivity (Wildman–Crippen MR) is 99.2 cm³/mol. The Labute approximate surface area is 152 Å². The van der Waals surface area contributed by atoms with Gasteiger partial charge in [-0.25, -0.2) is 5.10 Å². The summed E-state index contributed by atoms with van der Waals surface area (Å²) in [6.45, 7) is 0. The van der Waals surface area contributed by atoms with Crippen LogP contribution in [0.15, 0.2) is 33.5 Å². The Morgan fingerprint density at radius 1 is 1.20 bits per heavy atom. The molecule has 2 heterocycles. The molecule has 1 aromatic carbocycles. The lowest BCUT2D eigenvalue weighted by atomic mass is 9.93. The first-order chi connectivity index (χ1) is 12.0. The summed E-state index contributed by atoms with van der Waals surface area (Å²) in [4.78, 5) is 12.5. The maximum absolute atomic E-state index is 12.5. The number of hydrogen-bond acceptors (Lipinski definition) is 5. The first-order valence-corrected chi connectivity index (χ1v) is 9.04. The molecule has 0 atom stereocenters. The monoisotopic (exact) mass is 403 g/mol. The van der Waals surface area contributed by atoms with Gasteiger partial charge >= 0.3 is 0 Å². The highest BCUT2D eigenvalue weighted by Crippen LogP contribution is 2.35. The van der Waals surface area contributed by atoms with E-state index in [9.17, 15) is 9.90 Å². The minimum Gasteiger partial charge on any atom is -0.393 e. The Morgan fingerprint density at radius 3 is 2.56 bits per heavy atom. The lowest BCUT2D eigenvalue weighted by Crippen LogP contribution is -2.24. The number of benzene rings is 1. The minimum absolute atomic E-state index is 0.0676. The van der Waals surface area contributed by atoms with Gasteiger partial charge in [-0.15, -0.1) is 0 Å². The van der Waals surface area contributed by atoms with Crippen LogP contribution in [-0.4, -0.2) is 31.2 Å². The summed E-state index contributed by atoms with van der Waals surface area (Å²) >= 11 is 3.43. The van der Waals surface area contributed by atoms with Crippen LogP contribution in [0.3, 0.4) is 0 Å². The number of aromatic nitrogens is 4. The number of halogens is 1. The summed E-state index contributed by atoms with van der Waals surface area (Å²) in [5.41, 5.74) is 7.76. The highest BCUT2D eigenvalue weighted by Gasteiger charge is 2.27. The van der Waals surface area contributed by atoms with Gasteiger partial charge in [0.2, 0.25) is 0 Å². The number of hydrogen-bond donors (Lipinski definition) is 3. The van der Waals surface area contributed by atoms with Crippen molar-refractivity contribution in [3.8, 4) is 11.3 Å². The second kappa shape index (κ2) is 6.27. The molecule has 4 N–H and O–H groups in total. The molecule has 3 aromatic rings. The van der Waals surface area contributed by atoms with Crippen molar-refractivity contribution in [3.05, 3.63) is 39.1 Å². The van der Waals surface area contributed by atoms with E-state index in [4.69, 9.17) is 10.8 Å². The summed E-state index contributed by atoms with van der Waals surface area (Å²) in [5.74, 6) is 0.259. The van der Waals surface area contributed by atoms with Gasteiger partial charge in [0.25, 0.3) is 5.56 Å². The van der Waals surface area contributed by atoms with Crippen molar-refractivity contribution >= 4 is 32.7 Å². The number of fused-ring (bicyclic) bond motifs is 1. The van der Waals surface area contributed by atoms with Gasteiger partial charge in [0.1, 0.15) is 11.2 Å². The van der Waals surface area contributed by atoms with Gasteiger partial charge in [0, 0.05) is 10.0 Å². The maximum Gasteiger partial charge on any atom is 0.290 e. The fourth-order valence-electron chi connectivity index (χ4n) is 3.49. The number of rotatable bonds is 2. The molecule has 1 aliphatic rings. The number of nitrogens with one attached hydrogen (secondary N) is 1. The molecule has 8 heteroatoms. The SMILES string of the molecule is Nc1n[nH]c(=O)c2c1c(-c1ccc(Br)cc1)nn2C1CCC(O)CC1. The summed E-state index contributed by atoms with van der Waals surface area (Å²) in [6, 6.07) is 7.78. The van der Waals surface area contributed by atoms with Crippen molar-refractivity contribution in [2.75, 3.05) is 5.73 Å². The van der Waals surface area contributed by atoms with Gasteiger partial charge in [0.05, 0.1) is 17.5 Å². The minimum atomic E-state index is -0.300. The van der Waals surface area contributed by atoms with Gasteiger partial charge < -0.3 is 10.8 Å². The molecule has 0 aliphatic heterocycles. The summed E-state index contributed by atoms with van der Waals surface area (Å²) in [7, 11) is 0. The summed E-state index contributed by atoms with van der Waals surface area (Å²) < 4.78 is 2.74. The number of anilines is 1. The molecule has 0 bridgehead atoms. The first-order valence-electron chi connectivity index (χ1n) is 8.25. The number of nitrogen functional groups attached to an aromatic ring is 1. The van der Waals surface area contributed by atoms with Crippen molar-refractivity contribution in [1.82, 2.24) is 20.0 Å². The molecular weight excluding hydrogens is 386 g/mol. The van der Waals surface area contributed by atoms with Crippen LogP contribution >= 0.6 is 15.9 Å². The number of nitrogens with two attached hydrogens (primary N) is 1. The van der Waals surface area contributed by atoms with E-state index in [0.717, 1.165) is 22.9 Å². The first kappa shape index (κ1) is 16.3. The average molecular weight is 404 g/mol. The Morgan fingerprint density at radius 2 is 1.88 bits per heavy atom. The highest BCUT2D eigenvalue weighted by molar-refractivity contribution is 9.10. The number of aromatic amines is 1. The van der Waals surface area contributed by atoms with Gasteiger partial charge in [-0.1, -0.05) is 28.1 Å². The zero-order valence-electron chi connectivity index (χ0n) is 13.4. The molecule has 1 saturated carbocycles. The second-order valence-electron chi connectivity index (χ2n) is 6.42. The van der Waals surface area contributed by atoms with E-state index >= 15 is 0 Å². The molecule has 0 saturated heterocycles. The Hall–Kier alpha value is -2.19. The molecular formula is C17H18BrN5O2. The van der Waals surface area contributed by atoms with Crippen molar-refractivity contribution in [2.24, 2.45) is 0 Å². The van der Waals surface area contributed by atoms with E-state index in [1.807, 2.05) is 24.3 Å². The van der Waals surface area contributed by atoms with Crippen LogP contribution in [0.25, 0.3) is 22.2 Å². The molecule has 4 rings (SSSR count). The zero-order chi connectivity index (χ0) is 17.6. The zero-order valence-corrected chi connectivity index (χ0v) is 15.0. The Bertz CT molecular complexity index is 971. The van der Waals surface area contributed by atoms with E-state index in [1.165, 1.54) is 0 Å². The van der Waals surface area contributed by atoms with Crippen LogP contribution in [0.1, 0.15) is 31.7 Å². The quantitative estimate of drug-likeness (QED) is 0.608. The summed E-state index contributed by atoms with van der Waals surface area (Å²) in [5, 5.41) is 21.5. The fraction of sp³-hybridized carbons (Fsp3) is 0.353. The molecule has 0 spiro atoms. The molecule has 7 nitrogen and oxygen atoms in total. The molecule has 0 amide bonds. The molecule has 130 valence electrons. The van der Waals surface area contributed by atoms with Gasteiger partial charge in [-0.3, -0.25) is 9.48 Å². The van der Waals surface area contributed by atoms with Crippen molar-refractivity contribution < 1.29 is 5.11 Å². The Balaban J connectivity index is 1.93. The Kier molecular flexibility index (Phi) is 4.09. The van der Waals surface area contributed by atoms with Crippen LogP contribution in [0.2, 0.25) is 0 Å². The van der Waals surface area contributed by atoms with Gasteiger partial charge in [0.15, 0.2) is 5.82 Å². The normalized spacial score (nSPS) is 20.9. The molecule has 2 aromatic heterocycles. The van der Waals surface area contributed by atoms with Crippen LogP contribution in [0.5, 0.6) is 0 Å². The smallest absolute Gasteiger partial charge is 0.290 e. The van der Waals surface area contributed by atoms with Crippen molar-refractivity contribution in [3.63, 3.8) is 0 Å². The topological polar surface area (TPSA) is 110 Å². The number of nitrogens with zero attached hydrogens (tertiary/aromatic N) is 3. The highest BCUT2D eigenvalue weighted by atomic mass is 79.9. The van der Waals surface area contributed by atoms with Crippen molar-refractivity contribution in [2.45, 2.75) is 37.8 Å². The van der Waals surface area contributed by atoms with E-state index in [-0.39, 0.29) is 23.5 Å². The van der Waals surface area contributed by atoms with Crippen LogP contribution in [0, 0.1) is 0 Å². The largest absolute Gasteiger partial charge is 0.393 e. The van der Waals surface area contributed by atoms with Crippen LogP contribution in [-0.2, 0) is 0 Å². The van der Waals surface area contributed by atoms with Crippen LogP contribution < -0.4 is 11.3 Å². The van der Waals surface area contributed by atoms with E-state index in [2.05, 4.69) is 26.1 Å². The second-order valence-corrected chi connectivity index (χ2v) is 7.34. The van der Waals surface area contributed by atoms with Crippen molar-refractivity contribution in [1.29, 1.82) is 0 Å². The van der Waals surface area contributed by atoms with Gasteiger partial charge in [-0.2, -0.15) is 10.2 Å². The third-order valence-electron chi connectivity index (χ3n) is 4.79. The molecule has 0 unspecified atom stereocenters. The fourth-order valence-corrected chi connectivity index (χ4v) is 3.76. The summed E-state index contributed by atoms with van der Waals surface area (Å²) in [6.07, 6.45) is 2.70. The average Bonchev–Trinajstić information content (AvgIpc) is 3.01. The third kappa shape index (κ3) is 2.85. The van der Waals surface area contributed by atoms with Gasteiger partial charge in [-0.05, 0) is 37.8 Å². The molecule has 1 fully saturated rings. The molecule has 0 radical (unpaired) electrons. The predicted octanol–water partition coefficient (Wildman–Crippen LogP) is 2.61. The lowest BCUT2D eigenvalue weighted by Gasteiger charge is -2.25. The number of aliphatic hydroxyl groups excluding tert-OH is 1. The van der Waals surface area contributed by atoms with Crippen LogP contribution in [0.4, 0.5) is 5.82 Å².